The molecule has 0 bridgehead atoms. The minimum Gasteiger partial charge on any atom is -0.376 e. The number of likely N-dealkylation sites (N-methyl/N-ethyl adjacent to an activating group) is 1. The molecule has 0 spiro atoms. The third-order valence-corrected chi connectivity index (χ3v) is 2.56. The van der Waals surface area contributed by atoms with Crippen molar-refractivity contribution < 1.29 is 9.53 Å². The van der Waals surface area contributed by atoms with Gasteiger partial charge in [-0.25, -0.2) is 0 Å². The Balaban J connectivity index is 4.06. The van der Waals surface area contributed by atoms with Gasteiger partial charge < -0.3 is 15.8 Å². The zero-order valence-corrected chi connectivity index (χ0v) is 10.5. The SMILES string of the molecule is CNC(C)(COC(C)CC(C)C)C(N)=O. The summed E-state index contributed by atoms with van der Waals surface area (Å²) in [6.45, 7) is 8.36. The molecule has 2 unspecified atom stereocenters. The van der Waals surface area contributed by atoms with Crippen LogP contribution >= 0.6 is 0 Å². The topological polar surface area (TPSA) is 64.3 Å². The molecule has 0 aliphatic heterocycles. The lowest BCUT2D eigenvalue weighted by atomic mass is 10.0. The average molecular weight is 216 g/mol. The van der Waals surface area contributed by atoms with Gasteiger partial charge in [-0.15, -0.1) is 0 Å². The highest BCUT2D eigenvalue weighted by molar-refractivity contribution is 5.84. The smallest absolute Gasteiger partial charge is 0.239 e. The first kappa shape index (κ1) is 14.4. The van der Waals surface area contributed by atoms with Crippen molar-refractivity contribution in [3.63, 3.8) is 0 Å². The Hall–Kier alpha value is -0.610. The minimum absolute atomic E-state index is 0.150. The number of rotatable bonds is 7. The van der Waals surface area contributed by atoms with Gasteiger partial charge in [0.25, 0.3) is 0 Å². The van der Waals surface area contributed by atoms with Crippen LogP contribution in [0.4, 0.5) is 0 Å². The summed E-state index contributed by atoms with van der Waals surface area (Å²) in [4.78, 5) is 11.2. The summed E-state index contributed by atoms with van der Waals surface area (Å²) in [5.41, 5.74) is 4.51. The molecule has 0 fully saturated rings. The third kappa shape index (κ3) is 5.14. The second-order valence-corrected chi connectivity index (χ2v) is 4.70. The maximum Gasteiger partial charge on any atom is 0.239 e. The fourth-order valence-electron chi connectivity index (χ4n) is 1.31. The number of hydrogen-bond acceptors (Lipinski definition) is 3. The Morgan fingerprint density at radius 3 is 2.33 bits per heavy atom. The second-order valence-electron chi connectivity index (χ2n) is 4.70. The van der Waals surface area contributed by atoms with E-state index in [9.17, 15) is 4.79 Å². The molecule has 1 amide bonds. The zero-order chi connectivity index (χ0) is 12.1. The summed E-state index contributed by atoms with van der Waals surface area (Å²) in [7, 11) is 1.71. The molecular formula is C11H24N2O2. The molecular weight excluding hydrogens is 192 g/mol. The number of amides is 1. The highest BCUT2D eigenvalue weighted by Gasteiger charge is 2.29. The summed E-state index contributed by atoms with van der Waals surface area (Å²) in [5.74, 6) is 0.205. The number of carbonyl (C=O) groups is 1. The molecule has 0 aliphatic rings. The first-order valence-electron chi connectivity index (χ1n) is 5.42. The van der Waals surface area contributed by atoms with Gasteiger partial charge in [-0.05, 0) is 33.2 Å². The van der Waals surface area contributed by atoms with E-state index in [-0.39, 0.29) is 12.0 Å². The molecule has 4 nitrogen and oxygen atoms in total. The van der Waals surface area contributed by atoms with Crippen molar-refractivity contribution in [2.75, 3.05) is 13.7 Å². The van der Waals surface area contributed by atoms with Crippen molar-refractivity contribution in [3.8, 4) is 0 Å². The van der Waals surface area contributed by atoms with Crippen LogP contribution in [-0.4, -0.2) is 31.2 Å². The van der Waals surface area contributed by atoms with Gasteiger partial charge >= 0.3 is 0 Å². The van der Waals surface area contributed by atoms with Gasteiger partial charge in [-0.2, -0.15) is 0 Å². The molecule has 0 aromatic heterocycles. The molecule has 0 aromatic carbocycles. The second kappa shape index (κ2) is 6.08. The van der Waals surface area contributed by atoms with Crippen LogP contribution in [0.25, 0.3) is 0 Å². The molecule has 2 atom stereocenters. The lowest BCUT2D eigenvalue weighted by molar-refractivity contribution is -0.127. The number of nitrogens with two attached hydrogens (primary N) is 1. The largest absolute Gasteiger partial charge is 0.376 e. The Labute approximate surface area is 92.6 Å². The van der Waals surface area contributed by atoms with Gasteiger partial charge in [0, 0.05) is 0 Å². The first-order chi connectivity index (χ1) is 6.81. The van der Waals surface area contributed by atoms with Crippen LogP contribution in [0.3, 0.4) is 0 Å². The van der Waals surface area contributed by atoms with E-state index in [0.29, 0.717) is 12.5 Å². The van der Waals surface area contributed by atoms with Crippen molar-refractivity contribution in [2.24, 2.45) is 11.7 Å². The zero-order valence-electron chi connectivity index (χ0n) is 10.5. The van der Waals surface area contributed by atoms with Crippen LogP contribution in [-0.2, 0) is 9.53 Å². The van der Waals surface area contributed by atoms with Crippen molar-refractivity contribution in [1.82, 2.24) is 5.32 Å². The predicted octanol–water partition coefficient (Wildman–Crippen LogP) is 0.901. The Morgan fingerprint density at radius 2 is 2.00 bits per heavy atom. The normalized spacial score (nSPS) is 17.5. The van der Waals surface area contributed by atoms with Crippen molar-refractivity contribution in [2.45, 2.75) is 45.8 Å². The quantitative estimate of drug-likeness (QED) is 0.664. The van der Waals surface area contributed by atoms with E-state index < -0.39 is 5.54 Å². The van der Waals surface area contributed by atoms with Crippen molar-refractivity contribution in [3.05, 3.63) is 0 Å². The Kier molecular flexibility index (Phi) is 5.83. The molecule has 90 valence electrons. The lowest BCUT2D eigenvalue weighted by Crippen LogP contribution is -2.55. The van der Waals surface area contributed by atoms with Crippen LogP contribution in [0.15, 0.2) is 0 Å². The summed E-state index contributed by atoms with van der Waals surface area (Å²) in [5, 5.41) is 2.89. The highest BCUT2D eigenvalue weighted by Crippen LogP contribution is 2.10. The van der Waals surface area contributed by atoms with Crippen LogP contribution < -0.4 is 11.1 Å². The molecule has 3 N–H and O–H groups in total. The van der Waals surface area contributed by atoms with Crippen LogP contribution in [0.2, 0.25) is 0 Å². The van der Waals surface area contributed by atoms with E-state index in [1.807, 2.05) is 6.92 Å². The monoisotopic (exact) mass is 216 g/mol. The molecule has 0 aliphatic carbocycles. The summed E-state index contributed by atoms with van der Waals surface area (Å²) < 4.78 is 5.61. The van der Waals surface area contributed by atoms with Gasteiger partial charge in [0.2, 0.25) is 5.91 Å². The maximum atomic E-state index is 11.2. The fourth-order valence-corrected chi connectivity index (χ4v) is 1.31. The van der Waals surface area contributed by atoms with E-state index >= 15 is 0 Å². The first-order valence-corrected chi connectivity index (χ1v) is 5.42. The summed E-state index contributed by atoms with van der Waals surface area (Å²) in [6, 6.07) is 0. The molecule has 0 radical (unpaired) electrons. The fraction of sp³-hybridized carbons (Fsp3) is 0.909. The van der Waals surface area contributed by atoms with E-state index in [0.717, 1.165) is 6.42 Å². The van der Waals surface area contributed by atoms with Crippen molar-refractivity contribution in [1.29, 1.82) is 0 Å². The summed E-state index contributed by atoms with van der Waals surface area (Å²) >= 11 is 0. The molecule has 15 heavy (non-hydrogen) atoms. The number of carbonyl (C=O) groups excluding carboxylic acids is 1. The Morgan fingerprint density at radius 1 is 1.47 bits per heavy atom. The number of nitrogens with one attached hydrogen (secondary N) is 1. The highest BCUT2D eigenvalue weighted by atomic mass is 16.5. The van der Waals surface area contributed by atoms with E-state index in [2.05, 4.69) is 19.2 Å². The Bertz CT molecular complexity index is 207. The van der Waals surface area contributed by atoms with Crippen molar-refractivity contribution >= 4 is 5.91 Å². The van der Waals surface area contributed by atoms with Gasteiger partial charge in [-0.3, -0.25) is 4.79 Å². The molecule has 4 heteroatoms. The van der Waals surface area contributed by atoms with Crippen LogP contribution in [0, 0.1) is 5.92 Å². The van der Waals surface area contributed by atoms with Crippen LogP contribution in [0.5, 0.6) is 0 Å². The third-order valence-electron chi connectivity index (χ3n) is 2.56. The van der Waals surface area contributed by atoms with E-state index in [4.69, 9.17) is 10.5 Å². The number of hydrogen-bond donors (Lipinski definition) is 2. The molecule has 0 saturated carbocycles. The van der Waals surface area contributed by atoms with Gasteiger partial charge in [0.05, 0.1) is 12.7 Å². The predicted molar refractivity (Wildman–Crippen MR) is 61.5 cm³/mol. The lowest BCUT2D eigenvalue weighted by Gasteiger charge is -2.27. The van der Waals surface area contributed by atoms with E-state index in [1.54, 1.807) is 14.0 Å². The average Bonchev–Trinajstić information content (AvgIpc) is 2.12. The molecule has 0 aromatic rings. The van der Waals surface area contributed by atoms with E-state index in [1.165, 1.54) is 0 Å². The molecule has 0 rings (SSSR count). The minimum atomic E-state index is -0.773. The maximum absolute atomic E-state index is 11.2. The van der Waals surface area contributed by atoms with Crippen LogP contribution in [0.1, 0.15) is 34.1 Å². The molecule has 0 saturated heterocycles. The standard InChI is InChI=1S/C11H24N2O2/c1-8(2)6-9(3)15-7-11(4,13-5)10(12)14/h8-9,13H,6-7H2,1-5H3,(H2,12,14). The number of primary amides is 1. The van der Waals surface area contributed by atoms with Gasteiger partial charge in [-0.1, -0.05) is 13.8 Å². The van der Waals surface area contributed by atoms with Gasteiger partial charge in [0.15, 0.2) is 0 Å². The van der Waals surface area contributed by atoms with Gasteiger partial charge in [0.1, 0.15) is 5.54 Å². The summed E-state index contributed by atoms with van der Waals surface area (Å²) in [6.07, 6.45) is 1.13. The molecule has 0 heterocycles. The number of ether oxygens (including phenoxy) is 1.